The lowest BCUT2D eigenvalue weighted by molar-refractivity contribution is 0.629. The van der Waals surface area contributed by atoms with E-state index in [2.05, 4.69) is 29.1 Å². The summed E-state index contributed by atoms with van der Waals surface area (Å²) in [5, 5.41) is 3.32. The summed E-state index contributed by atoms with van der Waals surface area (Å²) in [6, 6.07) is 13.2. The molecule has 2 aromatic heterocycles. The van der Waals surface area contributed by atoms with Crippen molar-refractivity contribution in [2.75, 3.05) is 24.3 Å². The molecule has 2 aromatic carbocycles. The zero-order chi connectivity index (χ0) is 23.7. The van der Waals surface area contributed by atoms with Crippen LogP contribution in [0.5, 0.6) is 0 Å². The van der Waals surface area contributed by atoms with Crippen molar-refractivity contribution in [2.24, 2.45) is 0 Å². The average Bonchev–Trinajstić information content (AvgIpc) is 3.21. The highest BCUT2D eigenvalue weighted by atomic mass is 19.1. The number of hydrogen-bond donors (Lipinski definition) is 1. The molecule has 4 rings (SSSR count). The summed E-state index contributed by atoms with van der Waals surface area (Å²) >= 11 is 0. The molecule has 0 spiro atoms. The Morgan fingerprint density at radius 1 is 1.03 bits per heavy atom. The van der Waals surface area contributed by atoms with Crippen LogP contribution < -0.4 is 10.2 Å². The summed E-state index contributed by atoms with van der Waals surface area (Å²) in [6.45, 7) is 10.1. The van der Waals surface area contributed by atoms with Gasteiger partial charge in [0.2, 0.25) is 0 Å². The van der Waals surface area contributed by atoms with E-state index in [1.54, 1.807) is 24.7 Å². The second-order valence-electron chi connectivity index (χ2n) is 7.37. The van der Waals surface area contributed by atoms with Crippen LogP contribution in [0, 0.1) is 12.7 Å². The molecule has 0 saturated carbocycles. The van der Waals surface area contributed by atoms with E-state index in [1.807, 2.05) is 74.5 Å². The second-order valence-corrected chi connectivity index (χ2v) is 7.37. The van der Waals surface area contributed by atoms with Crippen LogP contribution >= 0.6 is 0 Å². The molecule has 0 fully saturated rings. The fourth-order valence-electron chi connectivity index (χ4n) is 3.03. The lowest BCUT2D eigenvalue weighted by atomic mass is 10.1. The van der Waals surface area contributed by atoms with Gasteiger partial charge in [0.05, 0.1) is 11.9 Å². The Hall–Kier alpha value is -3.41. The molecule has 5 nitrogen and oxygen atoms in total. The number of nitrogens with one attached hydrogen (secondary N) is 1. The van der Waals surface area contributed by atoms with Crippen LogP contribution in [0.25, 0.3) is 16.9 Å². The quantitative estimate of drug-likeness (QED) is 0.371. The van der Waals surface area contributed by atoms with E-state index in [0.717, 1.165) is 16.9 Å². The van der Waals surface area contributed by atoms with E-state index < -0.39 is 0 Å². The van der Waals surface area contributed by atoms with E-state index in [1.165, 1.54) is 12.5 Å². The normalized spacial score (nSPS) is 10.0. The first kappa shape index (κ1) is 24.9. The Kier molecular flexibility index (Phi) is 9.20. The van der Waals surface area contributed by atoms with E-state index in [-0.39, 0.29) is 5.82 Å². The van der Waals surface area contributed by atoms with Crippen LogP contribution in [0.1, 0.15) is 39.7 Å². The van der Waals surface area contributed by atoms with Gasteiger partial charge in [0.25, 0.3) is 0 Å². The van der Waals surface area contributed by atoms with E-state index in [4.69, 9.17) is 0 Å². The number of imidazole rings is 1. The summed E-state index contributed by atoms with van der Waals surface area (Å²) < 4.78 is 16.3. The molecule has 0 saturated heterocycles. The van der Waals surface area contributed by atoms with E-state index in [0.29, 0.717) is 22.7 Å². The van der Waals surface area contributed by atoms with Crippen LogP contribution in [0.2, 0.25) is 0 Å². The van der Waals surface area contributed by atoms with Crippen molar-refractivity contribution in [3.63, 3.8) is 0 Å². The molecule has 0 radical (unpaired) electrons. The Labute approximate surface area is 191 Å². The molecule has 0 amide bonds. The van der Waals surface area contributed by atoms with Gasteiger partial charge in [-0.25, -0.2) is 14.4 Å². The Morgan fingerprint density at radius 2 is 1.75 bits per heavy atom. The van der Waals surface area contributed by atoms with Gasteiger partial charge in [0.1, 0.15) is 5.82 Å². The van der Waals surface area contributed by atoms with Crippen molar-refractivity contribution in [1.82, 2.24) is 14.4 Å². The number of aryl methyl sites for hydroxylation is 1. The number of nitrogens with zero attached hydrogens (tertiary/aromatic N) is 4. The first-order valence-corrected chi connectivity index (χ1v) is 11.1. The van der Waals surface area contributed by atoms with Crippen molar-refractivity contribution in [2.45, 2.75) is 41.0 Å². The van der Waals surface area contributed by atoms with Crippen LogP contribution in [-0.2, 0) is 0 Å². The van der Waals surface area contributed by atoms with Crippen molar-refractivity contribution in [1.29, 1.82) is 0 Å². The fraction of sp³-hybridized carbons (Fsp3) is 0.308. The smallest absolute Gasteiger partial charge is 0.180 e. The highest BCUT2D eigenvalue weighted by Gasteiger charge is 2.14. The highest BCUT2D eigenvalue weighted by Crippen LogP contribution is 2.28. The molecule has 2 heterocycles. The predicted molar refractivity (Wildman–Crippen MR) is 134 cm³/mol. The zero-order valence-electron chi connectivity index (χ0n) is 20.1. The van der Waals surface area contributed by atoms with Crippen LogP contribution in [0.4, 0.5) is 21.6 Å². The van der Waals surface area contributed by atoms with Crippen molar-refractivity contribution in [3.05, 3.63) is 72.4 Å². The molecule has 6 heteroatoms. The number of fused-ring (bicyclic) bond motifs is 1. The molecule has 0 atom stereocenters. The number of anilines is 3. The first-order chi connectivity index (χ1) is 15.4. The summed E-state index contributed by atoms with van der Waals surface area (Å²) in [7, 11) is 3.99. The SMILES string of the molecule is CC.CCC.Cc1ccc(-c2cnc3c(Nc4cccc(N(C)C)c4)nccn23)c(F)c1. The minimum atomic E-state index is -0.262. The van der Waals surface area contributed by atoms with Crippen molar-refractivity contribution >= 4 is 22.8 Å². The highest BCUT2D eigenvalue weighted by molar-refractivity contribution is 5.75. The summed E-state index contributed by atoms with van der Waals surface area (Å²) in [5.41, 5.74) is 4.72. The van der Waals surface area contributed by atoms with Crippen molar-refractivity contribution in [3.8, 4) is 11.3 Å². The van der Waals surface area contributed by atoms with Gasteiger partial charge in [-0.05, 0) is 42.8 Å². The molecule has 170 valence electrons. The van der Waals surface area contributed by atoms with Crippen LogP contribution in [-0.4, -0.2) is 28.5 Å². The Bertz CT molecular complexity index is 1130. The predicted octanol–water partition coefficient (Wildman–Crippen LogP) is 7.10. The minimum Gasteiger partial charge on any atom is -0.378 e. The monoisotopic (exact) mass is 435 g/mol. The maximum absolute atomic E-state index is 14.4. The molecule has 1 N–H and O–H groups in total. The van der Waals surface area contributed by atoms with Gasteiger partial charge in [-0.15, -0.1) is 0 Å². The maximum Gasteiger partial charge on any atom is 0.180 e. The molecule has 0 unspecified atom stereocenters. The third-order valence-corrected chi connectivity index (χ3v) is 4.45. The summed E-state index contributed by atoms with van der Waals surface area (Å²) in [4.78, 5) is 10.9. The lowest BCUT2D eigenvalue weighted by Gasteiger charge is -2.14. The standard InChI is InChI=1S/C21H20FN5.C3H8.C2H6/c1-14-7-8-17(18(22)11-14)19-13-24-21-20(23-9-10-27(19)21)25-15-5-4-6-16(12-15)26(2)3;1-3-2;1-2/h4-13H,1-3H3,(H,23,25);3H2,1-2H3;1-2H3. The number of aromatic nitrogens is 3. The van der Waals surface area contributed by atoms with Crippen molar-refractivity contribution < 1.29 is 4.39 Å². The molecule has 32 heavy (non-hydrogen) atoms. The van der Waals surface area contributed by atoms with E-state index in [9.17, 15) is 4.39 Å². The Morgan fingerprint density at radius 3 is 2.41 bits per heavy atom. The van der Waals surface area contributed by atoms with E-state index >= 15 is 0 Å². The molecule has 0 aliphatic carbocycles. The molecule has 0 aliphatic heterocycles. The zero-order valence-corrected chi connectivity index (χ0v) is 20.1. The van der Waals surface area contributed by atoms with Crippen LogP contribution in [0.15, 0.2) is 61.1 Å². The Balaban J connectivity index is 0.000000671. The third kappa shape index (κ3) is 5.84. The maximum atomic E-state index is 14.4. The first-order valence-electron chi connectivity index (χ1n) is 11.1. The largest absolute Gasteiger partial charge is 0.378 e. The van der Waals surface area contributed by atoms with Gasteiger partial charge in [-0.1, -0.05) is 46.2 Å². The minimum absolute atomic E-state index is 0.262. The van der Waals surface area contributed by atoms with Gasteiger partial charge in [0, 0.05) is 43.4 Å². The number of hydrogen-bond acceptors (Lipinski definition) is 4. The molecule has 4 aromatic rings. The average molecular weight is 436 g/mol. The summed E-state index contributed by atoms with van der Waals surface area (Å²) in [5.74, 6) is 0.356. The van der Waals surface area contributed by atoms with Gasteiger partial charge in [0.15, 0.2) is 11.5 Å². The summed E-state index contributed by atoms with van der Waals surface area (Å²) in [6.07, 6.45) is 6.40. The molecule has 0 bridgehead atoms. The third-order valence-electron chi connectivity index (χ3n) is 4.45. The van der Waals surface area contributed by atoms with Crippen LogP contribution in [0.3, 0.4) is 0 Å². The van der Waals surface area contributed by atoms with Gasteiger partial charge < -0.3 is 10.2 Å². The van der Waals surface area contributed by atoms with Gasteiger partial charge >= 0.3 is 0 Å². The molecular weight excluding hydrogens is 401 g/mol. The fourth-order valence-corrected chi connectivity index (χ4v) is 3.03. The van der Waals surface area contributed by atoms with Gasteiger partial charge in [-0.2, -0.15) is 0 Å². The number of halogens is 1. The van der Waals surface area contributed by atoms with Gasteiger partial charge in [-0.3, -0.25) is 4.40 Å². The lowest BCUT2D eigenvalue weighted by Crippen LogP contribution is -2.08. The topological polar surface area (TPSA) is 45.5 Å². The number of benzene rings is 2. The molecule has 0 aliphatic rings. The second kappa shape index (κ2) is 11.8. The number of rotatable bonds is 4. The molecular formula is C26H34FN5.